The van der Waals surface area contributed by atoms with Gasteiger partial charge < -0.3 is 19.0 Å². The number of hydrogen-bond acceptors (Lipinski definition) is 6. The third kappa shape index (κ3) is 3.86. The second-order valence-electron chi connectivity index (χ2n) is 7.22. The highest BCUT2D eigenvalue weighted by molar-refractivity contribution is 6.05. The molecule has 30 heavy (non-hydrogen) atoms. The van der Waals surface area contributed by atoms with Crippen LogP contribution in [0.15, 0.2) is 63.9 Å². The van der Waals surface area contributed by atoms with Crippen LogP contribution in [0.25, 0.3) is 21.7 Å². The molecule has 2 aromatic carbocycles. The number of aliphatic hydroxyl groups is 1. The molecule has 0 fully saturated rings. The molecule has 2 heterocycles. The van der Waals surface area contributed by atoms with E-state index in [2.05, 4.69) is 4.98 Å². The zero-order chi connectivity index (χ0) is 21.1. The van der Waals surface area contributed by atoms with E-state index in [9.17, 15) is 9.90 Å². The molecule has 1 unspecified atom stereocenters. The van der Waals surface area contributed by atoms with Crippen LogP contribution in [0.5, 0.6) is 11.5 Å². The van der Waals surface area contributed by atoms with Gasteiger partial charge in [0.1, 0.15) is 12.2 Å². The Hall–Kier alpha value is -3.38. The Morgan fingerprint density at radius 3 is 2.67 bits per heavy atom. The van der Waals surface area contributed by atoms with Gasteiger partial charge in [0.05, 0.1) is 18.2 Å². The van der Waals surface area contributed by atoms with Crippen LogP contribution in [0.2, 0.25) is 0 Å². The van der Waals surface area contributed by atoms with Crippen molar-refractivity contribution in [2.24, 2.45) is 0 Å². The number of ether oxygens (including phenoxy) is 2. The third-order valence-corrected chi connectivity index (χ3v) is 5.26. The number of benzene rings is 2. The monoisotopic (exact) mass is 405 g/mol. The maximum atomic E-state index is 12.7. The number of methoxy groups -OCH3 is 1. The molecule has 0 amide bonds. The van der Waals surface area contributed by atoms with Crippen molar-refractivity contribution in [3.8, 4) is 11.5 Å². The Morgan fingerprint density at radius 2 is 1.93 bits per heavy atom. The molecule has 6 heteroatoms. The lowest BCUT2D eigenvalue weighted by Gasteiger charge is -2.14. The largest absolute Gasteiger partial charge is 0.493 e. The molecule has 154 valence electrons. The zero-order valence-corrected chi connectivity index (χ0v) is 16.9. The highest BCUT2D eigenvalue weighted by Gasteiger charge is 2.15. The van der Waals surface area contributed by atoms with Gasteiger partial charge in [-0.05, 0) is 42.2 Å². The summed E-state index contributed by atoms with van der Waals surface area (Å²) in [4.78, 5) is 16.9. The van der Waals surface area contributed by atoms with Crippen molar-refractivity contribution in [3.05, 3.63) is 76.4 Å². The van der Waals surface area contributed by atoms with Crippen LogP contribution in [0, 0.1) is 0 Å². The van der Waals surface area contributed by atoms with Crippen LogP contribution < -0.4 is 15.1 Å². The average Bonchev–Trinajstić information content (AvgIpc) is 2.78. The minimum absolute atomic E-state index is 0.101. The summed E-state index contributed by atoms with van der Waals surface area (Å²) in [6.45, 7) is 2.39. The molecule has 0 aliphatic rings. The Bertz CT molecular complexity index is 1230. The summed E-state index contributed by atoms with van der Waals surface area (Å²) >= 11 is 0. The predicted octanol–water partition coefficient (Wildman–Crippen LogP) is 4.41. The summed E-state index contributed by atoms with van der Waals surface area (Å²) in [5, 5.41) is 11.3. The van der Waals surface area contributed by atoms with E-state index in [1.807, 2.05) is 49.4 Å². The van der Waals surface area contributed by atoms with Crippen molar-refractivity contribution in [2.75, 3.05) is 13.7 Å². The van der Waals surface area contributed by atoms with Crippen LogP contribution in [0.3, 0.4) is 0 Å². The normalized spacial score (nSPS) is 12.2. The van der Waals surface area contributed by atoms with Gasteiger partial charge in [0.2, 0.25) is 0 Å². The second-order valence-corrected chi connectivity index (χ2v) is 7.22. The van der Waals surface area contributed by atoms with E-state index >= 15 is 0 Å². The van der Waals surface area contributed by atoms with E-state index < -0.39 is 5.63 Å². The summed E-state index contributed by atoms with van der Waals surface area (Å²) in [7, 11) is 1.57. The van der Waals surface area contributed by atoms with Crippen molar-refractivity contribution in [3.63, 3.8) is 0 Å². The number of nitrogens with zero attached hydrogens (tertiary/aromatic N) is 1. The van der Waals surface area contributed by atoms with Gasteiger partial charge in [0.25, 0.3) is 0 Å². The number of rotatable bonds is 7. The van der Waals surface area contributed by atoms with Crippen LogP contribution in [0.4, 0.5) is 0 Å². The van der Waals surface area contributed by atoms with Crippen LogP contribution in [0.1, 0.15) is 30.5 Å². The molecule has 2 aromatic heterocycles. The van der Waals surface area contributed by atoms with Gasteiger partial charge in [-0.15, -0.1) is 0 Å². The quantitative estimate of drug-likeness (QED) is 0.362. The zero-order valence-electron chi connectivity index (χ0n) is 16.9. The molecule has 4 rings (SSSR count). The fourth-order valence-electron chi connectivity index (χ4n) is 3.53. The van der Waals surface area contributed by atoms with Crippen molar-refractivity contribution in [2.45, 2.75) is 25.9 Å². The fraction of sp³-hybridized carbons (Fsp3) is 0.250. The topological polar surface area (TPSA) is 81.8 Å². The lowest BCUT2D eigenvalue weighted by Crippen LogP contribution is -2.04. The SMILES string of the molecule is COc1cc2c(cc1OCc1ccccn1)oc(=O)c1cc(C(C)CCO)ccc12. The maximum Gasteiger partial charge on any atom is 0.344 e. The molecule has 0 aliphatic carbocycles. The second kappa shape index (κ2) is 8.55. The smallest absolute Gasteiger partial charge is 0.344 e. The predicted molar refractivity (Wildman–Crippen MR) is 115 cm³/mol. The van der Waals surface area contributed by atoms with Crippen LogP contribution in [-0.4, -0.2) is 23.8 Å². The van der Waals surface area contributed by atoms with E-state index in [-0.39, 0.29) is 19.1 Å². The number of aliphatic hydroxyl groups excluding tert-OH is 1. The molecular formula is C24H23NO5. The minimum Gasteiger partial charge on any atom is -0.493 e. The standard InChI is InChI=1S/C24H23NO5/c1-15(8-10-26)16-6-7-18-19-12-22(28-2)23(29-14-17-5-3-4-9-25-17)13-21(19)30-24(27)20(18)11-16/h3-7,9,11-13,15,26H,8,10,14H2,1-2H3. The summed E-state index contributed by atoms with van der Waals surface area (Å²) in [5.41, 5.74) is 1.80. The Kier molecular flexibility index (Phi) is 5.68. The van der Waals surface area contributed by atoms with E-state index in [1.54, 1.807) is 19.4 Å². The fourth-order valence-corrected chi connectivity index (χ4v) is 3.53. The molecule has 1 atom stereocenters. The number of fused-ring (bicyclic) bond motifs is 3. The first-order chi connectivity index (χ1) is 14.6. The number of hydrogen-bond donors (Lipinski definition) is 1. The summed E-state index contributed by atoms with van der Waals surface area (Å²) in [6.07, 6.45) is 2.34. The maximum absolute atomic E-state index is 12.7. The van der Waals surface area contributed by atoms with E-state index in [0.29, 0.717) is 28.9 Å². The Labute approximate surface area is 173 Å². The van der Waals surface area contributed by atoms with Gasteiger partial charge in [-0.25, -0.2) is 4.79 Å². The Balaban J connectivity index is 1.78. The Morgan fingerprint density at radius 1 is 1.07 bits per heavy atom. The third-order valence-electron chi connectivity index (χ3n) is 5.26. The first kappa shape index (κ1) is 19.9. The molecular weight excluding hydrogens is 382 g/mol. The first-order valence-electron chi connectivity index (χ1n) is 9.82. The molecule has 0 saturated carbocycles. The molecule has 4 aromatic rings. The van der Waals surface area contributed by atoms with Crippen LogP contribution >= 0.6 is 0 Å². The van der Waals surface area contributed by atoms with E-state index in [1.165, 1.54) is 0 Å². The van der Waals surface area contributed by atoms with E-state index in [4.69, 9.17) is 13.9 Å². The van der Waals surface area contributed by atoms with Gasteiger partial charge >= 0.3 is 5.63 Å². The highest BCUT2D eigenvalue weighted by Crippen LogP contribution is 2.36. The van der Waals surface area contributed by atoms with Gasteiger partial charge in [-0.1, -0.05) is 25.1 Å². The minimum atomic E-state index is -0.406. The van der Waals surface area contributed by atoms with Crippen molar-refractivity contribution in [1.29, 1.82) is 0 Å². The van der Waals surface area contributed by atoms with Crippen molar-refractivity contribution < 1.29 is 19.0 Å². The van der Waals surface area contributed by atoms with E-state index in [0.717, 1.165) is 22.0 Å². The average molecular weight is 405 g/mol. The van der Waals surface area contributed by atoms with Crippen molar-refractivity contribution in [1.82, 2.24) is 4.98 Å². The number of aromatic nitrogens is 1. The van der Waals surface area contributed by atoms with Gasteiger partial charge in [0.15, 0.2) is 11.5 Å². The molecule has 0 bridgehead atoms. The van der Waals surface area contributed by atoms with Crippen LogP contribution in [-0.2, 0) is 6.61 Å². The molecule has 0 saturated heterocycles. The van der Waals surface area contributed by atoms with Gasteiger partial charge in [0, 0.05) is 29.6 Å². The number of pyridine rings is 1. The van der Waals surface area contributed by atoms with Gasteiger partial charge in [-0.3, -0.25) is 4.98 Å². The molecule has 6 nitrogen and oxygen atoms in total. The molecule has 1 N–H and O–H groups in total. The summed E-state index contributed by atoms with van der Waals surface area (Å²) in [6, 6.07) is 14.9. The molecule has 0 aliphatic heterocycles. The molecule has 0 spiro atoms. The summed E-state index contributed by atoms with van der Waals surface area (Å²) in [5.74, 6) is 1.17. The summed E-state index contributed by atoms with van der Waals surface area (Å²) < 4.78 is 17.0. The van der Waals surface area contributed by atoms with Gasteiger partial charge in [-0.2, -0.15) is 0 Å². The lowest BCUT2D eigenvalue weighted by atomic mass is 9.95. The molecule has 0 radical (unpaired) electrons. The lowest BCUT2D eigenvalue weighted by molar-refractivity contribution is 0.278. The van der Waals surface area contributed by atoms with Crippen molar-refractivity contribution >= 4 is 21.7 Å². The first-order valence-corrected chi connectivity index (χ1v) is 9.82. The highest BCUT2D eigenvalue weighted by atomic mass is 16.5.